The summed E-state index contributed by atoms with van der Waals surface area (Å²) < 4.78 is 6.53. The van der Waals surface area contributed by atoms with Crippen molar-refractivity contribution in [3.05, 3.63) is 34.8 Å². The van der Waals surface area contributed by atoms with Crippen LogP contribution in [0, 0.1) is 0 Å². The summed E-state index contributed by atoms with van der Waals surface area (Å²) >= 11 is 3.56. The lowest BCUT2D eigenvalue weighted by molar-refractivity contribution is 0.152. The van der Waals surface area contributed by atoms with Crippen molar-refractivity contribution in [2.45, 2.75) is 6.42 Å². The monoisotopic (exact) mass is 306 g/mol. The Morgan fingerprint density at radius 2 is 2.06 bits per heavy atom. The van der Waals surface area contributed by atoms with E-state index in [0.29, 0.717) is 0 Å². The highest BCUT2D eigenvalue weighted by molar-refractivity contribution is 9.10. The summed E-state index contributed by atoms with van der Waals surface area (Å²) in [5.74, 6) is 1.04. The zero-order valence-corrected chi connectivity index (χ0v) is 11.7. The number of hydrogen-bond donors (Lipinski definition) is 0. The molecule has 0 radical (unpaired) electrons. The maximum Gasteiger partial charge on any atom is 0.129 e. The van der Waals surface area contributed by atoms with Gasteiger partial charge in [0.1, 0.15) is 5.82 Å². The molecule has 1 saturated heterocycles. The molecule has 18 heavy (non-hydrogen) atoms. The third-order valence-corrected chi connectivity index (χ3v) is 3.84. The molecule has 94 valence electrons. The Hall–Kier alpha value is -1.13. The van der Waals surface area contributed by atoms with Crippen LogP contribution in [-0.2, 0) is 4.74 Å². The van der Waals surface area contributed by atoms with Gasteiger partial charge < -0.3 is 9.64 Å². The van der Waals surface area contributed by atoms with Gasteiger partial charge in [-0.2, -0.15) is 0 Å². The molecule has 1 aromatic carbocycles. The SMILES string of the molecule is Brc1cccc2ccc(N3CCCOCC3)nc12. The van der Waals surface area contributed by atoms with Crippen molar-refractivity contribution in [3.8, 4) is 0 Å². The Kier molecular flexibility index (Phi) is 3.48. The van der Waals surface area contributed by atoms with Gasteiger partial charge in [0.15, 0.2) is 0 Å². The van der Waals surface area contributed by atoms with Gasteiger partial charge in [-0.05, 0) is 40.5 Å². The molecule has 0 amide bonds. The first-order valence-electron chi connectivity index (χ1n) is 6.22. The van der Waals surface area contributed by atoms with Gasteiger partial charge in [-0.3, -0.25) is 0 Å². The summed E-state index contributed by atoms with van der Waals surface area (Å²) in [7, 11) is 0. The second-order valence-electron chi connectivity index (χ2n) is 4.43. The molecule has 0 atom stereocenters. The number of pyridine rings is 1. The fourth-order valence-electron chi connectivity index (χ4n) is 2.25. The molecule has 0 unspecified atom stereocenters. The van der Waals surface area contributed by atoms with Crippen molar-refractivity contribution < 1.29 is 4.74 Å². The van der Waals surface area contributed by atoms with E-state index in [-0.39, 0.29) is 0 Å². The van der Waals surface area contributed by atoms with Gasteiger partial charge in [-0.25, -0.2) is 4.98 Å². The smallest absolute Gasteiger partial charge is 0.129 e. The van der Waals surface area contributed by atoms with Gasteiger partial charge in [0, 0.05) is 29.6 Å². The lowest BCUT2D eigenvalue weighted by atomic mass is 10.2. The maximum absolute atomic E-state index is 5.48. The van der Waals surface area contributed by atoms with Gasteiger partial charge in [0.25, 0.3) is 0 Å². The third-order valence-electron chi connectivity index (χ3n) is 3.20. The number of rotatable bonds is 1. The molecule has 1 aromatic heterocycles. The second kappa shape index (κ2) is 5.24. The molecule has 2 heterocycles. The van der Waals surface area contributed by atoms with Gasteiger partial charge in [-0.1, -0.05) is 12.1 Å². The molecule has 0 aliphatic carbocycles. The first kappa shape index (κ1) is 11.9. The number of anilines is 1. The van der Waals surface area contributed by atoms with Crippen LogP contribution in [0.3, 0.4) is 0 Å². The summed E-state index contributed by atoms with van der Waals surface area (Å²) in [5.41, 5.74) is 1.03. The van der Waals surface area contributed by atoms with Crippen molar-refractivity contribution in [1.82, 2.24) is 4.98 Å². The van der Waals surface area contributed by atoms with Crippen LogP contribution in [0.4, 0.5) is 5.82 Å². The zero-order chi connectivity index (χ0) is 12.4. The summed E-state index contributed by atoms with van der Waals surface area (Å²) in [4.78, 5) is 7.06. The largest absolute Gasteiger partial charge is 0.380 e. The van der Waals surface area contributed by atoms with Crippen LogP contribution < -0.4 is 4.90 Å². The number of fused-ring (bicyclic) bond motifs is 1. The molecule has 4 heteroatoms. The number of hydrogen-bond acceptors (Lipinski definition) is 3. The van der Waals surface area contributed by atoms with Crippen LogP contribution >= 0.6 is 15.9 Å². The number of halogens is 1. The highest BCUT2D eigenvalue weighted by Crippen LogP contribution is 2.25. The van der Waals surface area contributed by atoms with Crippen molar-refractivity contribution in [1.29, 1.82) is 0 Å². The predicted octanol–water partition coefficient (Wildman–Crippen LogP) is 3.22. The van der Waals surface area contributed by atoms with Gasteiger partial charge in [0.05, 0.1) is 12.1 Å². The summed E-state index contributed by atoms with van der Waals surface area (Å²) in [6.07, 6.45) is 1.07. The van der Waals surface area contributed by atoms with Crippen LogP contribution in [0.2, 0.25) is 0 Å². The summed E-state index contributed by atoms with van der Waals surface area (Å²) in [6, 6.07) is 10.4. The Bertz CT molecular complexity index is 550. The first-order chi connectivity index (χ1) is 8.84. The average Bonchev–Trinajstić information content (AvgIpc) is 2.68. The Labute approximate surface area is 115 Å². The fourth-order valence-corrected chi connectivity index (χ4v) is 2.72. The minimum absolute atomic E-state index is 0.787. The van der Waals surface area contributed by atoms with Crippen LogP contribution in [0.15, 0.2) is 34.8 Å². The summed E-state index contributed by atoms with van der Waals surface area (Å²) in [6.45, 7) is 3.58. The van der Waals surface area contributed by atoms with Gasteiger partial charge in [0.2, 0.25) is 0 Å². The molecule has 0 saturated carbocycles. The van der Waals surface area contributed by atoms with Crippen LogP contribution in [0.1, 0.15) is 6.42 Å². The van der Waals surface area contributed by atoms with E-state index in [1.165, 1.54) is 5.39 Å². The zero-order valence-electron chi connectivity index (χ0n) is 10.1. The Balaban J connectivity index is 1.99. The topological polar surface area (TPSA) is 25.4 Å². The van der Waals surface area contributed by atoms with E-state index < -0.39 is 0 Å². The number of nitrogens with zero attached hydrogens (tertiary/aromatic N) is 2. The number of benzene rings is 1. The van der Waals surface area contributed by atoms with Gasteiger partial charge in [-0.15, -0.1) is 0 Å². The van der Waals surface area contributed by atoms with E-state index in [2.05, 4.69) is 39.0 Å². The number of aromatic nitrogens is 1. The molecule has 0 spiro atoms. The standard InChI is InChI=1S/C14H15BrN2O/c15-12-4-1-3-11-5-6-13(16-14(11)12)17-7-2-9-18-10-8-17/h1,3-6H,2,7-10H2. The third kappa shape index (κ3) is 2.35. The minimum atomic E-state index is 0.787. The molecule has 0 N–H and O–H groups in total. The fraction of sp³-hybridized carbons (Fsp3) is 0.357. The molecule has 1 aliphatic rings. The average molecular weight is 307 g/mol. The second-order valence-corrected chi connectivity index (χ2v) is 5.29. The maximum atomic E-state index is 5.48. The quantitative estimate of drug-likeness (QED) is 0.809. The van der Waals surface area contributed by atoms with Crippen molar-refractivity contribution in [2.75, 3.05) is 31.2 Å². The molecular formula is C14H15BrN2O. The molecule has 3 rings (SSSR count). The lowest BCUT2D eigenvalue weighted by Gasteiger charge is -2.21. The van der Waals surface area contributed by atoms with Crippen molar-refractivity contribution in [2.24, 2.45) is 0 Å². The Morgan fingerprint density at radius 1 is 1.11 bits per heavy atom. The van der Waals surface area contributed by atoms with E-state index in [4.69, 9.17) is 9.72 Å². The predicted molar refractivity (Wildman–Crippen MR) is 77.1 cm³/mol. The highest BCUT2D eigenvalue weighted by Gasteiger charge is 2.12. The van der Waals surface area contributed by atoms with E-state index in [9.17, 15) is 0 Å². The Morgan fingerprint density at radius 3 is 3.00 bits per heavy atom. The van der Waals surface area contributed by atoms with Crippen LogP contribution in [-0.4, -0.2) is 31.3 Å². The van der Waals surface area contributed by atoms with E-state index in [1.54, 1.807) is 0 Å². The minimum Gasteiger partial charge on any atom is -0.380 e. The van der Waals surface area contributed by atoms with Crippen LogP contribution in [0.5, 0.6) is 0 Å². The lowest BCUT2D eigenvalue weighted by Crippen LogP contribution is -2.26. The van der Waals surface area contributed by atoms with E-state index in [0.717, 1.165) is 48.5 Å². The molecular weight excluding hydrogens is 292 g/mol. The highest BCUT2D eigenvalue weighted by atomic mass is 79.9. The number of ether oxygens (including phenoxy) is 1. The van der Waals surface area contributed by atoms with Crippen molar-refractivity contribution >= 4 is 32.7 Å². The van der Waals surface area contributed by atoms with E-state index in [1.807, 2.05) is 12.1 Å². The molecule has 1 fully saturated rings. The summed E-state index contributed by atoms with van der Waals surface area (Å²) in [5, 5.41) is 1.17. The molecule has 1 aliphatic heterocycles. The molecule has 0 bridgehead atoms. The molecule has 2 aromatic rings. The first-order valence-corrected chi connectivity index (χ1v) is 7.02. The van der Waals surface area contributed by atoms with E-state index >= 15 is 0 Å². The van der Waals surface area contributed by atoms with Gasteiger partial charge >= 0.3 is 0 Å². The van der Waals surface area contributed by atoms with Crippen molar-refractivity contribution in [3.63, 3.8) is 0 Å². The van der Waals surface area contributed by atoms with Crippen LogP contribution in [0.25, 0.3) is 10.9 Å². The molecule has 3 nitrogen and oxygen atoms in total. The number of para-hydroxylation sites is 1. The normalized spacial score (nSPS) is 16.8.